The van der Waals surface area contributed by atoms with Crippen LogP contribution in [0.3, 0.4) is 0 Å². The van der Waals surface area contributed by atoms with E-state index in [0.717, 1.165) is 53.2 Å². The van der Waals surface area contributed by atoms with Gasteiger partial charge in [0.1, 0.15) is 11.5 Å². The van der Waals surface area contributed by atoms with Crippen LogP contribution in [0.1, 0.15) is 10.5 Å². The van der Waals surface area contributed by atoms with Crippen molar-refractivity contribution in [2.75, 3.05) is 42.1 Å². The van der Waals surface area contributed by atoms with Crippen LogP contribution in [0.4, 0.5) is 17.2 Å². The van der Waals surface area contributed by atoms with E-state index in [1.807, 2.05) is 48.5 Å². The SMILES string of the molecule is Nc1c(-c2ccc(Br)cc2)cnn1-c1nc(C(=O)Nc2ccccc2N2CCNCC2)cs1. The molecule has 2 aromatic heterocycles. The van der Waals surface area contributed by atoms with Gasteiger partial charge in [0.2, 0.25) is 5.13 Å². The highest BCUT2D eigenvalue weighted by Gasteiger charge is 2.19. The number of benzene rings is 2. The second-order valence-corrected chi connectivity index (χ2v) is 9.34. The molecule has 0 atom stereocenters. The van der Waals surface area contributed by atoms with Gasteiger partial charge < -0.3 is 21.3 Å². The first-order chi connectivity index (χ1) is 16.1. The Hall–Kier alpha value is -3.21. The maximum absolute atomic E-state index is 13.0. The Morgan fingerprint density at radius 1 is 1.12 bits per heavy atom. The van der Waals surface area contributed by atoms with Crippen LogP contribution in [0.15, 0.2) is 64.6 Å². The maximum Gasteiger partial charge on any atom is 0.275 e. The Labute approximate surface area is 203 Å². The minimum Gasteiger partial charge on any atom is -0.383 e. The highest BCUT2D eigenvalue weighted by atomic mass is 79.9. The lowest BCUT2D eigenvalue weighted by Crippen LogP contribution is -2.43. The Balaban J connectivity index is 1.36. The number of aromatic nitrogens is 3. The van der Waals surface area contributed by atoms with Crippen molar-refractivity contribution < 1.29 is 4.79 Å². The fourth-order valence-electron chi connectivity index (χ4n) is 3.78. The molecule has 0 bridgehead atoms. The summed E-state index contributed by atoms with van der Waals surface area (Å²) in [6, 6.07) is 15.7. The summed E-state index contributed by atoms with van der Waals surface area (Å²) < 4.78 is 2.55. The molecule has 5 rings (SSSR count). The van der Waals surface area contributed by atoms with Gasteiger partial charge in [-0.25, -0.2) is 4.98 Å². The summed E-state index contributed by atoms with van der Waals surface area (Å²) in [4.78, 5) is 19.7. The molecule has 168 valence electrons. The Kier molecular flexibility index (Phi) is 6.12. The second-order valence-electron chi connectivity index (χ2n) is 7.59. The molecule has 1 aliphatic heterocycles. The third-order valence-corrected chi connectivity index (χ3v) is 6.82. The summed E-state index contributed by atoms with van der Waals surface area (Å²) in [5.41, 5.74) is 10.2. The zero-order chi connectivity index (χ0) is 22.8. The number of piperazine rings is 1. The van der Waals surface area contributed by atoms with Crippen LogP contribution in [0.5, 0.6) is 0 Å². The first kappa shape index (κ1) is 21.6. The lowest BCUT2D eigenvalue weighted by atomic mass is 10.1. The molecule has 0 aliphatic carbocycles. The first-order valence-electron chi connectivity index (χ1n) is 10.5. The molecular weight excluding hydrogens is 502 g/mol. The fraction of sp³-hybridized carbons (Fsp3) is 0.174. The normalized spacial score (nSPS) is 13.8. The molecular formula is C23H22BrN7OS. The molecule has 0 radical (unpaired) electrons. The van der Waals surface area contributed by atoms with Gasteiger partial charge in [0, 0.05) is 41.6 Å². The molecule has 1 fully saturated rings. The highest BCUT2D eigenvalue weighted by Crippen LogP contribution is 2.30. The van der Waals surface area contributed by atoms with Crippen LogP contribution in [0, 0.1) is 0 Å². The van der Waals surface area contributed by atoms with E-state index in [1.54, 1.807) is 16.3 Å². The highest BCUT2D eigenvalue weighted by molar-refractivity contribution is 9.10. The number of carbonyl (C=O) groups excluding carboxylic acids is 1. The minimum atomic E-state index is -0.265. The number of nitrogens with two attached hydrogens (primary N) is 1. The summed E-state index contributed by atoms with van der Waals surface area (Å²) in [5, 5.41) is 13.0. The number of nitrogen functional groups attached to an aromatic ring is 1. The van der Waals surface area contributed by atoms with E-state index in [1.165, 1.54) is 11.3 Å². The lowest BCUT2D eigenvalue weighted by molar-refractivity contribution is 0.102. The van der Waals surface area contributed by atoms with Crippen molar-refractivity contribution in [3.05, 3.63) is 70.3 Å². The molecule has 8 nitrogen and oxygen atoms in total. The zero-order valence-corrected chi connectivity index (χ0v) is 20.1. The Bertz CT molecular complexity index is 1280. The van der Waals surface area contributed by atoms with E-state index in [-0.39, 0.29) is 5.91 Å². The van der Waals surface area contributed by atoms with Crippen LogP contribution in [-0.4, -0.2) is 46.9 Å². The van der Waals surface area contributed by atoms with E-state index in [0.29, 0.717) is 16.6 Å². The Morgan fingerprint density at radius 3 is 2.67 bits per heavy atom. The Morgan fingerprint density at radius 2 is 1.88 bits per heavy atom. The van der Waals surface area contributed by atoms with E-state index < -0.39 is 0 Å². The van der Waals surface area contributed by atoms with E-state index in [2.05, 4.69) is 41.5 Å². The van der Waals surface area contributed by atoms with Crippen molar-refractivity contribution in [1.29, 1.82) is 0 Å². The largest absolute Gasteiger partial charge is 0.383 e. The van der Waals surface area contributed by atoms with Gasteiger partial charge in [-0.05, 0) is 29.8 Å². The maximum atomic E-state index is 13.0. The van der Waals surface area contributed by atoms with Crippen molar-refractivity contribution in [2.45, 2.75) is 0 Å². The molecule has 10 heteroatoms. The van der Waals surface area contributed by atoms with Crippen LogP contribution >= 0.6 is 27.3 Å². The number of halogens is 1. The van der Waals surface area contributed by atoms with E-state index in [4.69, 9.17) is 5.73 Å². The van der Waals surface area contributed by atoms with Crippen LogP contribution in [0.25, 0.3) is 16.3 Å². The first-order valence-corrected chi connectivity index (χ1v) is 12.2. The van der Waals surface area contributed by atoms with Gasteiger partial charge in [-0.3, -0.25) is 4.79 Å². The van der Waals surface area contributed by atoms with Crippen LogP contribution < -0.4 is 21.3 Å². The summed E-state index contributed by atoms with van der Waals surface area (Å²) in [6.45, 7) is 3.64. The van der Waals surface area contributed by atoms with Gasteiger partial charge in [-0.15, -0.1) is 11.3 Å². The van der Waals surface area contributed by atoms with Gasteiger partial charge in [0.25, 0.3) is 5.91 Å². The number of amides is 1. The zero-order valence-electron chi connectivity index (χ0n) is 17.7. The van der Waals surface area contributed by atoms with Crippen molar-refractivity contribution in [3.8, 4) is 16.3 Å². The molecule has 2 aromatic carbocycles. The van der Waals surface area contributed by atoms with Crippen molar-refractivity contribution >= 4 is 50.4 Å². The smallest absolute Gasteiger partial charge is 0.275 e. The van der Waals surface area contributed by atoms with Gasteiger partial charge in [-0.2, -0.15) is 9.78 Å². The number of para-hydroxylation sites is 2. The summed E-state index contributed by atoms with van der Waals surface area (Å²) in [6.07, 6.45) is 1.71. The van der Waals surface area contributed by atoms with Gasteiger partial charge in [0.05, 0.1) is 17.6 Å². The standard InChI is InChI=1S/C23H22BrN7OS/c24-16-7-5-15(6-8-16)17-13-27-31(21(17)25)23-29-19(14-33-23)22(32)28-18-3-1-2-4-20(18)30-11-9-26-10-12-30/h1-8,13-14,26H,9-12,25H2,(H,28,32). The molecule has 1 amide bonds. The third-order valence-electron chi connectivity index (χ3n) is 5.48. The molecule has 4 aromatic rings. The average Bonchev–Trinajstić information content (AvgIpc) is 3.48. The van der Waals surface area contributed by atoms with Crippen molar-refractivity contribution in [2.24, 2.45) is 0 Å². The van der Waals surface area contributed by atoms with Gasteiger partial charge in [0.15, 0.2) is 0 Å². The quantitative estimate of drug-likeness (QED) is 0.365. The van der Waals surface area contributed by atoms with Crippen LogP contribution in [0.2, 0.25) is 0 Å². The summed E-state index contributed by atoms with van der Waals surface area (Å²) in [7, 11) is 0. The van der Waals surface area contributed by atoms with Gasteiger partial charge >= 0.3 is 0 Å². The number of anilines is 3. The molecule has 0 spiro atoms. The number of hydrogen-bond acceptors (Lipinski definition) is 7. The third kappa shape index (κ3) is 4.50. The van der Waals surface area contributed by atoms with Crippen LogP contribution in [-0.2, 0) is 0 Å². The minimum absolute atomic E-state index is 0.265. The fourth-order valence-corrected chi connectivity index (χ4v) is 4.81. The van der Waals surface area contributed by atoms with Gasteiger partial charge in [-0.1, -0.05) is 40.2 Å². The summed E-state index contributed by atoms with van der Waals surface area (Å²) in [5.74, 6) is 0.210. The molecule has 1 saturated heterocycles. The van der Waals surface area contributed by atoms with E-state index in [9.17, 15) is 4.79 Å². The monoisotopic (exact) mass is 523 g/mol. The van der Waals surface area contributed by atoms with E-state index >= 15 is 0 Å². The predicted molar refractivity (Wildman–Crippen MR) is 136 cm³/mol. The number of thiazole rings is 1. The molecule has 33 heavy (non-hydrogen) atoms. The average molecular weight is 524 g/mol. The van der Waals surface area contributed by atoms with Crippen molar-refractivity contribution in [1.82, 2.24) is 20.1 Å². The summed E-state index contributed by atoms with van der Waals surface area (Å²) >= 11 is 4.76. The van der Waals surface area contributed by atoms with Crippen molar-refractivity contribution in [3.63, 3.8) is 0 Å². The molecule has 1 aliphatic rings. The topological polar surface area (TPSA) is 101 Å². The molecule has 0 saturated carbocycles. The number of nitrogens with one attached hydrogen (secondary N) is 2. The lowest BCUT2D eigenvalue weighted by Gasteiger charge is -2.31. The number of rotatable bonds is 5. The molecule has 3 heterocycles. The number of nitrogens with zero attached hydrogens (tertiary/aromatic N) is 4. The second kappa shape index (κ2) is 9.34. The number of hydrogen-bond donors (Lipinski definition) is 3. The molecule has 4 N–H and O–H groups in total. The molecule has 0 unspecified atom stereocenters. The number of carbonyl (C=O) groups is 1. The predicted octanol–water partition coefficient (Wildman–Crippen LogP) is 4.00.